The number of carbonyl (C=O) groups excluding carboxylic acids is 2. The Balaban J connectivity index is 1.25. The van der Waals surface area contributed by atoms with Crippen LogP contribution in [0.15, 0.2) is 42.7 Å². The van der Waals surface area contributed by atoms with Crippen molar-refractivity contribution in [3.05, 3.63) is 53.9 Å². The van der Waals surface area contributed by atoms with E-state index in [1.807, 2.05) is 24.3 Å². The van der Waals surface area contributed by atoms with E-state index in [1.54, 1.807) is 24.3 Å². The number of amides is 3. The van der Waals surface area contributed by atoms with Gasteiger partial charge in [-0.1, -0.05) is 12.1 Å². The maximum atomic E-state index is 13.3. The van der Waals surface area contributed by atoms with Crippen LogP contribution in [0, 0.1) is 0 Å². The number of carbonyl (C=O) groups is 2. The molecule has 1 aromatic heterocycles. The Morgan fingerprint density at radius 3 is 2.52 bits per heavy atom. The van der Waals surface area contributed by atoms with E-state index in [0.717, 1.165) is 42.3 Å². The van der Waals surface area contributed by atoms with E-state index in [-0.39, 0.29) is 18.5 Å². The van der Waals surface area contributed by atoms with E-state index >= 15 is 0 Å². The predicted molar refractivity (Wildman–Crippen MR) is 113 cm³/mol. The van der Waals surface area contributed by atoms with E-state index < -0.39 is 5.54 Å². The second-order valence-electron chi connectivity index (χ2n) is 8.38. The number of aromatic nitrogens is 1. The molecule has 3 aliphatic rings. The van der Waals surface area contributed by atoms with Gasteiger partial charge in [-0.25, -0.2) is 4.79 Å². The highest BCUT2D eigenvalue weighted by Gasteiger charge is 2.56. The third-order valence-electron chi connectivity index (χ3n) is 6.56. The zero-order chi connectivity index (χ0) is 21.4. The van der Waals surface area contributed by atoms with Crippen LogP contribution in [0.2, 0.25) is 0 Å². The Bertz CT molecular complexity index is 988. The van der Waals surface area contributed by atoms with E-state index in [0.29, 0.717) is 26.1 Å². The number of ether oxygens (including phenoxy) is 2. The molecule has 31 heavy (non-hydrogen) atoms. The van der Waals surface area contributed by atoms with Crippen molar-refractivity contribution in [2.24, 2.45) is 0 Å². The van der Waals surface area contributed by atoms with Gasteiger partial charge in [0.1, 0.15) is 18.8 Å². The van der Waals surface area contributed by atoms with Gasteiger partial charge in [0.05, 0.1) is 6.54 Å². The molecule has 0 unspecified atom stereocenters. The number of piperidine rings is 1. The predicted octanol–water partition coefficient (Wildman–Crippen LogP) is 2.28. The lowest BCUT2D eigenvalue weighted by molar-refractivity contribution is -0.135. The summed E-state index contributed by atoms with van der Waals surface area (Å²) in [6.45, 7) is 3.69. The van der Waals surface area contributed by atoms with Gasteiger partial charge in [-0.05, 0) is 42.2 Å². The van der Waals surface area contributed by atoms with Gasteiger partial charge in [0.2, 0.25) is 0 Å². The zero-order valence-electron chi connectivity index (χ0n) is 17.6. The largest absolute Gasteiger partial charge is 0.486 e. The first-order valence-corrected chi connectivity index (χ1v) is 10.7. The number of urea groups is 1. The van der Waals surface area contributed by atoms with E-state index in [1.165, 1.54) is 4.90 Å². The summed E-state index contributed by atoms with van der Waals surface area (Å²) in [6, 6.07) is 9.52. The first-order chi connectivity index (χ1) is 15.1. The van der Waals surface area contributed by atoms with Gasteiger partial charge in [0, 0.05) is 39.1 Å². The number of fused-ring (bicyclic) bond motifs is 1. The van der Waals surface area contributed by atoms with Gasteiger partial charge in [0.25, 0.3) is 5.91 Å². The molecule has 0 aliphatic carbocycles. The number of pyridine rings is 1. The van der Waals surface area contributed by atoms with Crippen LogP contribution in [0.5, 0.6) is 11.5 Å². The minimum absolute atomic E-state index is 0.0946. The maximum absolute atomic E-state index is 13.3. The van der Waals surface area contributed by atoms with Crippen molar-refractivity contribution in [2.75, 3.05) is 33.4 Å². The Morgan fingerprint density at radius 2 is 1.77 bits per heavy atom. The smallest absolute Gasteiger partial charge is 0.327 e. The Hall–Kier alpha value is -3.13. The average molecular weight is 422 g/mol. The summed E-state index contributed by atoms with van der Waals surface area (Å²) in [5, 5.41) is 0. The van der Waals surface area contributed by atoms with Gasteiger partial charge in [-0.3, -0.25) is 19.6 Å². The van der Waals surface area contributed by atoms with Crippen LogP contribution >= 0.6 is 0 Å². The standard InChI is InChI=1S/C23H26N4O4/c1-25-22(29)27(16-18-3-2-8-24-14-18)21(28)23(25)6-9-26(10-7-23)15-17-4-5-19-20(13-17)31-12-11-30-19/h2-5,8,13-14H,6-7,9-12,15-16H2,1H3. The second-order valence-corrected chi connectivity index (χ2v) is 8.38. The Morgan fingerprint density at radius 1 is 1.00 bits per heavy atom. The second kappa shape index (κ2) is 7.85. The summed E-state index contributed by atoms with van der Waals surface area (Å²) in [5.41, 5.74) is 1.26. The SMILES string of the molecule is CN1C(=O)N(Cc2cccnc2)C(=O)C12CCN(Cc1ccc3c(c1)OCCO3)CC2. The van der Waals surface area contributed by atoms with Crippen LogP contribution in [0.1, 0.15) is 24.0 Å². The number of nitrogens with zero attached hydrogens (tertiary/aromatic N) is 4. The number of benzene rings is 1. The lowest BCUT2D eigenvalue weighted by Crippen LogP contribution is -2.55. The molecule has 162 valence electrons. The van der Waals surface area contributed by atoms with Crippen molar-refractivity contribution in [3.8, 4) is 11.5 Å². The minimum atomic E-state index is -0.747. The first-order valence-electron chi connectivity index (χ1n) is 10.7. The van der Waals surface area contributed by atoms with Gasteiger partial charge in [-0.15, -0.1) is 0 Å². The van der Waals surface area contributed by atoms with Gasteiger partial charge < -0.3 is 14.4 Å². The van der Waals surface area contributed by atoms with Crippen molar-refractivity contribution in [3.63, 3.8) is 0 Å². The molecule has 2 aromatic rings. The fraction of sp³-hybridized carbons (Fsp3) is 0.435. The van der Waals surface area contributed by atoms with Crippen LogP contribution in [-0.4, -0.2) is 70.5 Å². The summed E-state index contributed by atoms with van der Waals surface area (Å²) in [4.78, 5) is 35.6. The molecule has 3 aliphatic heterocycles. The summed E-state index contributed by atoms with van der Waals surface area (Å²) < 4.78 is 11.3. The summed E-state index contributed by atoms with van der Waals surface area (Å²) in [7, 11) is 1.75. The van der Waals surface area contributed by atoms with E-state index in [2.05, 4.69) is 16.0 Å². The van der Waals surface area contributed by atoms with Crippen molar-refractivity contribution >= 4 is 11.9 Å². The number of imide groups is 1. The first kappa shape index (κ1) is 19.8. The number of hydrogen-bond donors (Lipinski definition) is 0. The van der Waals surface area contributed by atoms with Crippen molar-refractivity contribution < 1.29 is 19.1 Å². The molecule has 3 amide bonds. The lowest BCUT2D eigenvalue weighted by Gasteiger charge is -2.40. The molecular formula is C23H26N4O4. The molecule has 4 heterocycles. The molecule has 0 saturated carbocycles. The molecule has 0 atom stereocenters. The highest BCUT2D eigenvalue weighted by atomic mass is 16.6. The molecule has 0 N–H and O–H groups in total. The molecule has 0 radical (unpaired) electrons. The van der Waals surface area contributed by atoms with E-state index in [4.69, 9.17) is 9.47 Å². The highest BCUT2D eigenvalue weighted by molar-refractivity contribution is 6.06. The quantitative estimate of drug-likeness (QED) is 0.704. The fourth-order valence-corrected chi connectivity index (χ4v) is 4.73. The summed E-state index contributed by atoms with van der Waals surface area (Å²) in [5.74, 6) is 1.49. The summed E-state index contributed by atoms with van der Waals surface area (Å²) >= 11 is 0. The number of likely N-dealkylation sites (N-methyl/N-ethyl adjacent to an activating group) is 1. The molecule has 8 nitrogen and oxygen atoms in total. The van der Waals surface area contributed by atoms with Gasteiger partial charge >= 0.3 is 6.03 Å². The van der Waals surface area contributed by atoms with E-state index in [9.17, 15) is 9.59 Å². The fourth-order valence-electron chi connectivity index (χ4n) is 4.73. The van der Waals surface area contributed by atoms with Crippen LogP contribution in [-0.2, 0) is 17.9 Å². The van der Waals surface area contributed by atoms with Crippen LogP contribution in [0.3, 0.4) is 0 Å². The average Bonchev–Trinajstić information content (AvgIpc) is 2.97. The molecule has 2 saturated heterocycles. The molecule has 2 fully saturated rings. The lowest BCUT2D eigenvalue weighted by atomic mass is 9.86. The van der Waals surface area contributed by atoms with Gasteiger partial charge in [0.15, 0.2) is 11.5 Å². The van der Waals surface area contributed by atoms with Crippen LogP contribution < -0.4 is 9.47 Å². The minimum Gasteiger partial charge on any atom is -0.486 e. The molecule has 5 rings (SSSR count). The topological polar surface area (TPSA) is 75.2 Å². The maximum Gasteiger partial charge on any atom is 0.327 e. The monoisotopic (exact) mass is 422 g/mol. The van der Waals surface area contributed by atoms with Crippen molar-refractivity contribution in [1.82, 2.24) is 19.7 Å². The number of rotatable bonds is 4. The molecule has 1 aromatic carbocycles. The molecule has 1 spiro atoms. The third kappa shape index (κ3) is 3.50. The third-order valence-corrected chi connectivity index (χ3v) is 6.56. The van der Waals surface area contributed by atoms with Crippen LogP contribution in [0.25, 0.3) is 0 Å². The number of likely N-dealkylation sites (tertiary alicyclic amines) is 1. The van der Waals surface area contributed by atoms with Crippen molar-refractivity contribution in [1.29, 1.82) is 0 Å². The Labute approximate surface area is 181 Å². The highest BCUT2D eigenvalue weighted by Crippen LogP contribution is 2.37. The zero-order valence-corrected chi connectivity index (χ0v) is 17.6. The molecule has 0 bridgehead atoms. The number of hydrogen-bond acceptors (Lipinski definition) is 6. The molecule has 8 heteroatoms. The molecular weight excluding hydrogens is 396 g/mol. The van der Waals surface area contributed by atoms with Gasteiger partial charge in [-0.2, -0.15) is 0 Å². The Kier molecular flexibility index (Phi) is 5.02. The normalized spacial score (nSPS) is 20.5. The van der Waals surface area contributed by atoms with Crippen LogP contribution in [0.4, 0.5) is 4.79 Å². The summed E-state index contributed by atoms with van der Waals surface area (Å²) in [6.07, 6.45) is 4.63. The van der Waals surface area contributed by atoms with Crippen molar-refractivity contribution in [2.45, 2.75) is 31.5 Å².